The van der Waals surface area contributed by atoms with Crippen molar-refractivity contribution in [3.05, 3.63) is 54.1 Å². The number of hydrogen-bond acceptors (Lipinski definition) is 4. The minimum Gasteiger partial charge on any atom is -0.312 e. The number of thioether (sulfide) groups is 1. The van der Waals surface area contributed by atoms with Crippen LogP contribution >= 0.6 is 11.8 Å². The van der Waals surface area contributed by atoms with Crippen LogP contribution in [0.4, 0.5) is 0 Å². The Bertz CT molecular complexity index is 487. The standard InChI is InChI=1S/C14H17N3S/c1-11-4-3-5-13(6-11)18-9-14(15-2)12-7-16-10-17-8-12/h3-8,10,14-15H,9H2,1-2H3. The van der Waals surface area contributed by atoms with Gasteiger partial charge in [0.2, 0.25) is 0 Å². The maximum atomic E-state index is 4.06. The van der Waals surface area contributed by atoms with Gasteiger partial charge >= 0.3 is 0 Å². The zero-order valence-electron chi connectivity index (χ0n) is 10.6. The van der Waals surface area contributed by atoms with Crippen molar-refractivity contribution in [3.63, 3.8) is 0 Å². The van der Waals surface area contributed by atoms with E-state index in [0.717, 1.165) is 11.3 Å². The molecule has 0 saturated heterocycles. The first-order valence-corrected chi connectivity index (χ1v) is 6.90. The van der Waals surface area contributed by atoms with E-state index < -0.39 is 0 Å². The molecule has 1 unspecified atom stereocenters. The molecule has 0 aliphatic carbocycles. The predicted octanol–water partition coefficient (Wildman–Crippen LogP) is 2.84. The average molecular weight is 259 g/mol. The van der Waals surface area contributed by atoms with Gasteiger partial charge in [-0.1, -0.05) is 17.7 Å². The summed E-state index contributed by atoms with van der Waals surface area (Å²) in [5.41, 5.74) is 2.42. The second-order valence-corrected chi connectivity index (χ2v) is 5.23. The van der Waals surface area contributed by atoms with Gasteiger partial charge in [-0.05, 0) is 26.1 Å². The van der Waals surface area contributed by atoms with Crippen molar-refractivity contribution < 1.29 is 0 Å². The molecule has 0 radical (unpaired) electrons. The number of rotatable bonds is 5. The second-order valence-electron chi connectivity index (χ2n) is 4.14. The summed E-state index contributed by atoms with van der Waals surface area (Å²) in [4.78, 5) is 9.42. The van der Waals surface area contributed by atoms with E-state index >= 15 is 0 Å². The van der Waals surface area contributed by atoms with Gasteiger partial charge in [-0.2, -0.15) is 0 Å². The summed E-state index contributed by atoms with van der Waals surface area (Å²) < 4.78 is 0. The molecule has 18 heavy (non-hydrogen) atoms. The molecule has 0 saturated carbocycles. The lowest BCUT2D eigenvalue weighted by Gasteiger charge is -2.15. The third-order valence-corrected chi connectivity index (χ3v) is 3.82. The molecule has 1 N–H and O–H groups in total. The Labute approximate surface area is 112 Å². The van der Waals surface area contributed by atoms with Crippen molar-refractivity contribution in [3.8, 4) is 0 Å². The summed E-state index contributed by atoms with van der Waals surface area (Å²) in [5.74, 6) is 0.966. The fourth-order valence-electron chi connectivity index (χ4n) is 1.72. The quantitative estimate of drug-likeness (QED) is 0.838. The minimum atomic E-state index is 0.275. The van der Waals surface area contributed by atoms with Gasteiger partial charge < -0.3 is 5.32 Å². The van der Waals surface area contributed by atoms with Crippen LogP contribution in [0.2, 0.25) is 0 Å². The third-order valence-electron chi connectivity index (χ3n) is 2.74. The fourth-order valence-corrected chi connectivity index (χ4v) is 2.88. The zero-order valence-corrected chi connectivity index (χ0v) is 11.4. The smallest absolute Gasteiger partial charge is 0.115 e. The zero-order chi connectivity index (χ0) is 12.8. The topological polar surface area (TPSA) is 37.8 Å². The summed E-state index contributed by atoms with van der Waals surface area (Å²) in [6.07, 6.45) is 5.29. The van der Waals surface area contributed by atoms with Gasteiger partial charge in [-0.3, -0.25) is 0 Å². The molecule has 4 heteroatoms. The predicted molar refractivity (Wildman–Crippen MR) is 75.7 cm³/mol. The molecule has 0 amide bonds. The van der Waals surface area contributed by atoms with E-state index in [1.54, 1.807) is 6.33 Å². The summed E-state index contributed by atoms with van der Waals surface area (Å²) in [5, 5.41) is 3.30. The Balaban J connectivity index is 2.00. The van der Waals surface area contributed by atoms with Crippen LogP contribution in [0.25, 0.3) is 0 Å². The summed E-state index contributed by atoms with van der Waals surface area (Å²) in [6, 6.07) is 8.84. The number of nitrogens with one attached hydrogen (secondary N) is 1. The van der Waals surface area contributed by atoms with E-state index in [0.29, 0.717) is 0 Å². The van der Waals surface area contributed by atoms with E-state index in [1.807, 2.05) is 31.2 Å². The van der Waals surface area contributed by atoms with Gasteiger partial charge in [0.1, 0.15) is 6.33 Å². The Hall–Kier alpha value is -1.39. The highest BCUT2D eigenvalue weighted by atomic mass is 32.2. The number of benzene rings is 1. The molecular weight excluding hydrogens is 242 g/mol. The molecular formula is C14H17N3S. The van der Waals surface area contributed by atoms with Crippen molar-refractivity contribution >= 4 is 11.8 Å². The Kier molecular flexibility index (Phi) is 4.73. The molecule has 0 aliphatic rings. The lowest BCUT2D eigenvalue weighted by molar-refractivity contribution is 0.655. The van der Waals surface area contributed by atoms with Crippen molar-refractivity contribution in [2.45, 2.75) is 17.9 Å². The third kappa shape index (κ3) is 3.55. The summed E-state index contributed by atoms with van der Waals surface area (Å²) in [7, 11) is 1.97. The van der Waals surface area contributed by atoms with Gasteiger partial charge in [-0.15, -0.1) is 11.8 Å². The molecule has 0 aliphatic heterocycles. The van der Waals surface area contributed by atoms with E-state index in [2.05, 4.69) is 46.5 Å². The molecule has 1 aromatic heterocycles. The molecule has 1 aromatic carbocycles. The van der Waals surface area contributed by atoms with Crippen LogP contribution in [-0.2, 0) is 0 Å². The normalized spacial score (nSPS) is 12.3. The van der Waals surface area contributed by atoms with Crippen LogP contribution in [-0.4, -0.2) is 22.8 Å². The van der Waals surface area contributed by atoms with Gasteiger partial charge in [0.05, 0.1) is 0 Å². The Morgan fingerprint density at radius 2 is 2.06 bits per heavy atom. The first kappa shape index (κ1) is 13.1. The summed E-state index contributed by atoms with van der Waals surface area (Å²) >= 11 is 1.84. The number of hydrogen-bond donors (Lipinski definition) is 1. The monoisotopic (exact) mass is 259 g/mol. The summed E-state index contributed by atoms with van der Waals surface area (Å²) in [6.45, 7) is 2.12. The van der Waals surface area contributed by atoms with Crippen LogP contribution in [0.5, 0.6) is 0 Å². The molecule has 1 atom stereocenters. The largest absolute Gasteiger partial charge is 0.312 e. The second kappa shape index (κ2) is 6.52. The van der Waals surface area contributed by atoms with Crippen molar-refractivity contribution in [1.82, 2.24) is 15.3 Å². The molecule has 0 fully saturated rings. The van der Waals surface area contributed by atoms with Crippen molar-refractivity contribution in [2.24, 2.45) is 0 Å². The van der Waals surface area contributed by atoms with E-state index in [-0.39, 0.29) is 6.04 Å². The van der Waals surface area contributed by atoms with Crippen LogP contribution in [0, 0.1) is 6.92 Å². The molecule has 2 aromatic rings. The lowest BCUT2D eigenvalue weighted by atomic mass is 10.2. The lowest BCUT2D eigenvalue weighted by Crippen LogP contribution is -2.19. The van der Waals surface area contributed by atoms with E-state index in [4.69, 9.17) is 0 Å². The van der Waals surface area contributed by atoms with Gasteiger partial charge in [0, 0.05) is 34.6 Å². The highest BCUT2D eigenvalue weighted by Gasteiger charge is 2.10. The Morgan fingerprint density at radius 1 is 1.28 bits per heavy atom. The van der Waals surface area contributed by atoms with E-state index in [1.165, 1.54) is 10.5 Å². The average Bonchev–Trinajstić information content (AvgIpc) is 2.41. The van der Waals surface area contributed by atoms with Gasteiger partial charge in [-0.25, -0.2) is 9.97 Å². The van der Waals surface area contributed by atoms with E-state index in [9.17, 15) is 0 Å². The van der Waals surface area contributed by atoms with Crippen LogP contribution in [0.3, 0.4) is 0 Å². The maximum absolute atomic E-state index is 4.06. The number of aromatic nitrogens is 2. The molecule has 94 valence electrons. The van der Waals surface area contributed by atoms with Crippen molar-refractivity contribution in [1.29, 1.82) is 0 Å². The van der Waals surface area contributed by atoms with Crippen LogP contribution in [0.1, 0.15) is 17.2 Å². The molecule has 1 heterocycles. The fraction of sp³-hybridized carbons (Fsp3) is 0.286. The molecule has 3 nitrogen and oxygen atoms in total. The van der Waals surface area contributed by atoms with Crippen LogP contribution in [0.15, 0.2) is 47.9 Å². The molecule has 2 rings (SSSR count). The Morgan fingerprint density at radius 3 is 2.72 bits per heavy atom. The first-order chi connectivity index (χ1) is 8.79. The highest BCUT2D eigenvalue weighted by Crippen LogP contribution is 2.24. The minimum absolute atomic E-state index is 0.275. The van der Waals surface area contributed by atoms with Gasteiger partial charge in [0.15, 0.2) is 0 Å². The van der Waals surface area contributed by atoms with Crippen molar-refractivity contribution in [2.75, 3.05) is 12.8 Å². The number of aryl methyl sites for hydroxylation is 1. The number of nitrogens with zero attached hydrogens (tertiary/aromatic N) is 2. The van der Waals surface area contributed by atoms with Gasteiger partial charge in [0.25, 0.3) is 0 Å². The first-order valence-electron chi connectivity index (χ1n) is 5.91. The van der Waals surface area contributed by atoms with Crippen LogP contribution < -0.4 is 5.32 Å². The molecule has 0 bridgehead atoms. The highest BCUT2D eigenvalue weighted by molar-refractivity contribution is 7.99. The SMILES string of the molecule is CNC(CSc1cccc(C)c1)c1cncnc1. The maximum Gasteiger partial charge on any atom is 0.115 e. The molecule has 0 spiro atoms.